The molecule has 0 aromatic rings. The molecule has 4 saturated carbocycles. The van der Waals surface area contributed by atoms with Gasteiger partial charge in [-0.15, -0.1) is 0 Å². The second kappa shape index (κ2) is 7.94. The predicted molar refractivity (Wildman–Crippen MR) is 118 cm³/mol. The number of fused-ring (bicyclic) bond motifs is 5. The van der Waals surface area contributed by atoms with E-state index in [0.717, 1.165) is 47.5 Å². The Morgan fingerprint density at radius 3 is 2.54 bits per heavy atom. The molecule has 0 N–H and O–H groups in total. The van der Waals surface area contributed by atoms with Gasteiger partial charge in [0.05, 0.1) is 0 Å². The molecule has 0 aromatic carbocycles. The van der Waals surface area contributed by atoms with Gasteiger partial charge in [0.15, 0.2) is 0 Å². The SMILES string of the molecule is CC(=C=O)CCC[C@@H](C)[C@H]1CC[C@H]2[C@@H]3CCC4CCCC[C@]4(C)[C@H]3CC[C@]12C. The van der Waals surface area contributed by atoms with Crippen molar-refractivity contribution in [3.05, 3.63) is 5.57 Å². The topological polar surface area (TPSA) is 17.1 Å². The fourth-order valence-electron chi connectivity index (χ4n) is 9.21. The summed E-state index contributed by atoms with van der Waals surface area (Å²) in [5.41, 5.74) is 2.17. The molecule has 4 fully saturated rings. The van der Waals surface area contributed by atoms with Crippen molar-refractivity contribution in [2.45, 2.75) is 111 Å². The first kappa shape index (κ1) is 20.7. The van der Waals surface area contributed by atoms with E-state index in [9.17, 15) is 4.79 Å². The van der Waals surface area contributed by atoms with Crippen molar-refractivity contribution in [3.8, 4) is 0 Å². The van der Waals surface area contributed by atoms with Gasteiger partial charge in [-0.05, 0) is 117 Å². The molecular formula is C27H44O. The van der Waals surface area contributed by atoms with Gasteiger partial charge in [0.25, 0.3) is 0 Å². The molecule has 1 nitrogen and oxygen atoms in total. The molecule has 4 aliphatic carbocycles. The van der Waals surface area contributed by atoms with E-state index in [-0.39, 0.29) is 0 Å². The summed E-state index contributed by atoms with van der Waals surface area (Å²) >= 11 is 0. The molecule has 4 aliphatic rings. The van der Waals surface area contributed by atoms with Gasteiger partial charge < -0.3 is 0 Å². The second-order valence-electron chi connectivity index (χ2n) is 11.9. The third kappa shape index (κ3) is 3.34. The normalized spacial score (nSPS) is 46.1. The standard InChI is InChI=1S/C27H44O/c1-19(18-28)8-7-9-20(2)23-13-14-24-22-12-11-21-10-5-6-16-26(21,3)25(22)15-17-27(23,24)4/h20-25H,5-17H2,1-4H3/t20-,21?,22+,23-,24+,25+,26+,27-/m1/s1. The van der Waals surface area contributed by atoms with Gasteiger partial charge in [0.1, 0.15) is 5.94 Å². The molecule has 0 aliphatic heterocycles. The Morgan fingerprint density at radius 2 is 1.75 bits per heavy atom. The third-order valence-electron chi connectivity index (χ3n) is 10.7. The van der Waals surface area contributed by atoms with Crippen LogP contribution in [0.15, 0.2) is 5.57 Å². The van der Waals surface area contributed by atoms with E-state index in [4.69, 9.17) is 0 Å². The van der Waals surface area contributed by atoms with Crippen LogP contribution >= 0.6 is 0 Å². The highest BCUT2D eigenvalue weighted by atomic mass is 16.1. The van der Waals surface area contributed by atoms with E-state index >= 15 is 0 Å². The van der Waals surface area contributed by atoms with Crippen LogP contribution in [0, 0.1) is 46.3 Å². The van der Waals surface area contributed by atoms with E-state index in [1.54, 1.807) is 0 Å². The molecule has 158 valence electrons. The monoisotopic (exact) mass is 384 g/mol. The number of hydrogen-bond acceptors (Lipinski definition) is 1. The highest BCUT2D eigenvalue weighted by molar-refractivity contribution is 5.50. The molecule has 1 heteroatoms. The van der Waals surface area contributed by atoms with Crippen LogP contribution in [-0.2, 0) is 4.79 Å². The van der Waals surface area contributed by atoms with Crippen molar-refractivity contribution in [3.63, 3.8) is 0 Å². The fraction of sp³-hybridized carbons (Fsp3) is 0.926. The first-order valence-corrected chi connectivity index (χ1v) is 12.6. The Morgan fingerprint density at radius 1 is 0.964 bits per heavy atom. The lowest BCUT2D eigenvalue weighted by Crippen LogP contribution is -2.53. The summed E-state index contributed by atoms with van der Waals surface area (Å²) < 4.78 is 0. The van der Waals surface area contributed by atoms with Crippen molar-refractivity contribution < 1.29 is 4.79 Å². The number of carbonyl (C=O) groups excluding carboxylic acids is 1. The summed E-state index contributed by atoms with van der Waals surface area (Å²) in [4.78, 5) is 10.8. The zero-order valence-corrected chi connectivity index (χ0v) is 19.1. The van der Waals surface area contributed by atoms with E-state index in [1.807, 2.05) is 6.92 Å². The zero-order chi connectivity index (χ0) is 19.9. The van der Waals surface area contributed by atoms with Gasteiger partial charge in [0, 0.05) is 5.57 Å². The van der Waals surface area contributed by atoms with Crippen LogP contribution in [0.25, 0.3) is 0 Å². The summed E-state index contributed by atoms with van der Waals surface area (Å²) in [5.74, 6) is 7.90. The zero-order valence-electron chi connectivity index (χ0n) is 19.1. The maximum atomic E-state index is 10.8. The van der Waals surface area contributed by atoms with Crippen LogP contribution in [0.1, 0.15) is 111 Å². The van der Waals surface area contributed by atoms with Crippen LogP contribution in [0.3, 0.4) is 0 Å². The molecular weight excluding hydrogens is 340 g/mol. The molecule has 1 unspecified atom stereocenters. The van der Waals surface area contributed by atoms with E-state index in [0.29, 0.717) is 10.8 Å². The Bertz CT molecular complexity index is 616. The lowest BCUT2D eigenvalue weighted by atomic mass is 9.44. The molecule has 4 rings (SSSR count). The summed E-state index contributed by atoms with van der Waals surface area (Å²) in [6, 6.07) is 0. The average Bonchev–Trinajstić information content (AvgIpc) is 3.04. The Labute approximate surface area is 174 Å². The highest BCUT2D eigenvalue weighted by Gasteiger charge is 2.59. The summed E-state index contributed by atoms with van der Waals surface area (Å²) in [6.07, 6.45) is 18.5. The molecule has 0 amide bonds. The molecule has 0 saturated heterocycles. The van der Waals surface area contributed by atoms with Gasteiger partial charge >= 0.3 is 0 Å². The molecule has 8 atom stereocenters. The average molecular weight is 385 g/mol. The Balaban J connectivity index is 1.45. The van der Waals surface area contributed by atoms with Gasteiger partial charge in [-0.25, -0.2) is 4.79 Å². The minimum absolute atomic E-state index is 0.591. The van der Waals surface area contributed by atoms with Crippen molar-refractivity contribution in [2.75, 3.05) is 0 Å². The molecule has 0 heterocycles. The van der Waals surface area contributed by atoms with Crippen LogP contribution in [0.5, 0.6) is 0 Å². The minimum Gasteiger partial charge on any atom is -0.234 e. The summed E-state index contributed by atoms with van der Waals surface area (Å²) in [6.45, 7) is 9.85. The first-order chi connectivity index (χ1) is 13.4. The van der Waals surface area contributed by atoms with Crippen LogP contribution in [-0.4, -0.2) is 5.94 Å². The minimum atomic E-state index is 0.591. The van der Waals surface area contributed by atoms with E-state index in [1.165, 1.54) is 77.0 Å². The lowest BCUT2D eigenvalue weighted by Gasteiger charge is -2.61. The quantitative estimate of drug-likeness (QED) is 0.445. The maximum Gasteiger partial charge on any atom is 0.123 e. The fourth-order valence-corrected chi connectivity index (χ4v) is 9.21. The summed E-state index contributed by atoms with van der Waals surface area (Å²) in [5, 5.41) is 0. The van der Waals surface area contributed by atoms with Gasteiger partial charge in [-0.1, -0.05) is 40.0 Å². The van der Waals surface area contributed by atoms with E-state index < -0.39 is 0 Å². The van der Waals surface area contributed by atoms with Gasteiger partial charge in [0.2, 0.25) is 0 Å². The highest BCUT2D eigenvalue weighted by Crippen LogP contribution is 2.68. The van der Waals surface area contributed by atoms with Crippen LogP contribution < -0.4 is 0 Å². The Hall–Kier alpha value is -0.550. The van der Waals surface area contributed by atoms with Crippen molar-refractivity contribution in [1.29, 1.82) is 0 Å². The van der Waals surface area contributed by atoms with Crippen molar-refractivity contribution in [2.24, 2.45) is 46.3 Å². The van der Waals surface area contributed by atoms with E-state index in [2.05, 4.69) is 26.7 Å². The maximum absolute atomic E-state index is 10.8. The smallest absolute Gasteiger partial charge is 0.123 e. The van der Waals surface area contributed by atoms with Gasteiger partial charge in [-0.3, -0.25) is 0 Å². The van der Waals surface area contributed by atoms with Crippen molar-refractivity contribution >= 4 is 5.94 Å². The van der Waals surface area contributed by atoms with Crippen molar-refractivity contribution in [1.82, 2.24) is 0 Å². The molecule has 28 heavy (non-hydrogen) atoms. The molecule has 0 radical (unpaired) electrons. The first-order valence-electron chi connectivity index (χ1n) is 12.6. The number of allylic oxidation sites excluding steroid dienone is 1. The number of rotatable bonds is 5. The van der Waals surface area contributed by atoms with Crippen LogP contribution in [0.4, 0.5) is 0 Å². The number of hydrogen-bond donors (Lipinski definition) is 0. The lowest BCUT2D eigenvalue weighted by molar-refractivity contribution is -0.114. The summed E-state index contributed by atoms with van der Waals surface area (Å²) in [7, 11) is 0. The second-order valence-corrected chi connectivity index (χ2v) is 11.9. The molecule has 0 aromatic heterocycles. The Kier molecular flexibility index (Phi) is 5.87. The predicted octanol–water partition coefficient (Wildman–Crippen LogP) is 7.62. The molecule has 0 bridgehead atoms. The third-order valence-corrected chi connectivity index (χ3v) is 10.7. The van der Waals surface area contributed by atoms with Crippen LogP contribution in [0.2, 0.25) is 0 Å². The van der Waals surface area contributed by atoms with Gasteiger partial charge in [-0.2, -0.15) is 0 Å². The largest absolute Gasteiger partial charge is 0.234 e. The molecule has 0 spiro atoms.